The molecule has 8 heteroatoms. The fourth-order valence-corrected chi connectivity index (χ4v) is 82.6. The maximum absolute atomic E-state index is 5.80. The molecule has 0 N–H and O–H groups in total. The smallest absolute Gasteiger partial charge is 0.689 e. The summed E-state index contributed by atoms with van der Waals surface area (Å²) in [5.41, 5.74) is 12.0. The number of hydrazine groups is 1. The van der Waals surface area contributed by atoms with Crippen LogP contribution < -0.4 is 28.2 Å². The van der Waals surface area contributed by atoms with E-state index < -0.39 is 29.9 Å². The quantitative estimate of drug-likeness (QED) is 0.324. The van der Waals surface area contributed by atoms with Crippen LogP contribution in [0.3, 0.4) is 0 Å². The first-order valence-electron chi connectivity index (χ1n) is 14.0. The van der Waals surface area contributed by atoms with E-state index in [0.29, 0.717) is 0 Å². The third kappa shape index (κ3) is 5.31. The van der Waals surface area contributed by atoms with Crippen LogP contribution in [0.4, 0.5) is 17.1 Å². The molecule has 0 unspecified atom stereocenters. The Morgan fingerprint density at radius 1 is 0.513 bits per heavy atom. The number of anilines is 2. The average Bonchev–Trinajstić information content (AvgIpc) is 2.86. The minimum absolute atomic E-state index is 0. The van der Waals surface area contributed by atoms with E-state index in [0.717, 1.165) is 0 Å². The van der Waals surface area contributed by atoms with Crippen molar-refractivity contribution in [2.75, 3.05) is 9.35 Å². The summed E-state index contributed by atoms with van der Waals surface area (Å²) in [7, 11) is -6.08. The predicted molar refractivity (Wildman–Crippen MR) is 180 cm³/mol. The second-order valence-corrected chi connectivity index (χ2v) is 50.8. The van der Waals surface area contributed by atoms with Crippen molar-refractivity contribution < 1.29 is 18.9 Å². The van der Waals surface area contributed by atoms with Gasteiger partial charge in [0.1, 0.15) is 0 Å². The Balaban J connectivity index is 0.00000420. The van der Waals surface area contributed by atoms with E-state index in [1.54, 1.807) is 0 Å². The molecule has 3 aromatic rings. The number of aryl methyl sites for hydroxylation is 6. The van der Waals surface area contributed by atoms with E-state index in [1.807, 2.05) is 0 Å². The monoisotopic (exact) mass is 581 g/mol. The number of nitrogens with zero attached hydrogens (tertiary/aromatic N) is 3. The van der Waals surface area contributed by atoms with E-state index in [1.165, 1.54) is 50.4 Å². The van der Waals surface area contributed by atoms with Crippen LogP contribution in [-0.4, -0.2) is 29.9 Å². The van der Waals surface area contributed by atoms with Gasteiger partial charge in [0.15, 0.2) is 15.5 Å². The van der Waals surface area contributed by atoms with Crippen molar-refractivity contribution in [2.45, 2.75) is 87.4 Å². The van der Waals surface area contributed by atoms with Crippen LogP contribution in [0.1, 0.15) is 33.4 Å². The molecule has 0 radical (unpaired) electrons. The van der Waals surface area contributed by atoms with E-state index in [9.17, 15) is 0 Å². The summed E-state index contributed by atoms with van der Waals surface area (Å²) in [6.07, 6.45) is 0. The first-order valence-corrected chi connectivity index (χ1v) is 28.3. The van der Waals surface area contributed by atoms with Crippen molar-refractivity contribution in [3.8, 4) is 0 Å². The molecule has 0 bridgehead atoms. The molecule has 0 atom stereocenters. The Labute approximate surface area is 254 Å². The number of rotatable bonds is 5. The van der Waals surface area contributed by atoms with Gasteiger partial charge in [-0.05, 0) is 95.8 Å². The van der Waals surface area contributed by atoms with Crippen LogP contribution in [0.5, 0.6) is 0 Å². The average molecular weight is 582 g/mol. The molecule has 0 aliphatic carbocycles. The fourth-order valence-electron chi connectivity index (χ4n) is 7.64. The van der Waals surface area contributed by atoms with Crippen molar-refractivity contribution in [1.29, 1.82) is 0 Å². The number of hydrogen-bond acceptors (Lipinski definition) is 2. The van der Waals surface area contributed by atoms with Crippen molar-refractivity contribution in [3.05, 3.63) is 93.0 Å². The summed E-state index contributed by atoms with van der Waals surface area (Å²) >= 11 is 0. The maximum Gasteiger partial charge on any atom is 1.00 e. The second kappa shape index (κ2) is 10.7. The van der Waals surface area contributed by atoms with Gasteiger partial charge >= 0.3 is 18.9 Å². The Morgan fingerprint density at radius 2 is 0.795 bits per heavy atom. The molecule has 4 rings (SSSR count). The first-order chi connectivity index (χ1) is 17.4. The zero-order valence-corrected chi connectivity index (χ0v) is 31.0. The molecule has 3 nitrogen and oxygen atoms in total. The first kappa shape index (κ1) is 32.0. The van der Waals surface area contributed by atoms with Crippen molar-refractivity contribution >= 4 is 46.9 Å². The maximum atomic E-state index is 5.80. The molecule has 0 aromatic heterocycles. The molecule has 1 aliphatic heterocycles. The van der Waals surface area contributed by atoms with Crippen LogP contribution in [0, 0.1) is 41.5 Å². The minimum Gasteiger partial charge on any atom is -0.689 e. The Morgan fingerprint density at radius 3 is 1.10 bits per heavy atom. The van der Waals surface area contributed by atoms with Gasteiger partial charge in [0.25, 0.3) is 0 Å². The van der Waals surface area contributed by atoms with Gasteiger partial charge in [0.2, 0.25) is 0 Å². The van der Waals surface area contributed by atoms with Crippen LogP contribution in [0.25, 0.3) is 4.98 Å². The van der Waals surface area contributed by atoms with Gasteiger partial charge in [-0.15, -0.1) is 5.69 Å². The Bertz CT molecular complexity index is 1260. The van der Waals surface area contributed by atoms with Gasteiger partial charge in [0, 0.05) is 11.4 Å². The molecule has 204 valence electrons. The van der Waals surface area contributed by atoms with Crippen molar-refractivity contribution in [3.63, 3.8) is 0 Å². The largest absolute Gasteiger partial charge is 1.00 e. The van der Waals surface area contributed by atoms with Crippen molar-refractivity contribution in [1.82, 2.24) is 0 Å². The summed E-state index contributed by atoms with van der Waals surface area (Å²) in [6, 6.07) is 21.2. The van der Waals surface area contributed by atoms with E-state index >= 15 is 0 Å². The number of benzene rings is 3. The van der Waals surface area contributed by atoms with Crippen LogP contribution in [0.15, 0.2) is 54.6 Å². The van der Waals surface area contributed by atoms with Crippen LogP contribution >= 0.6 is 0 Å². The normalized spacial score (nSPS) is 17.7. The number of hydrogen-bond donors (Lipinski definition) is 0. The van der Waals surface area contributed by atoms with Crippen molar-refractivity contribution in [2.24, 2.45) is 0 Å². The Hall–Kier alpha value is -1.48. The molecule has 1 fully saturated rings. The van der Waals surface area contributed by atoms with Gasteiger partial charge in [-0.25, -0.2) is 0 Å². The SMILES string of the molecule is Cc1cc(C)cc([N-][Si](C)(C)[Si]2(C)[Si](C)(C)N(c3cc(C)cc(C)c3)N(c3cc(C)cc(C)c3)[Si]2(C)C)c1.[Li+]. The van der Waals surface area contributed by atoms with Crippen LogP contribution in [-0.2, 0) is 0 Å². The van der Waals surface area contributed by atoms with Gasteiger partial charge < -0.3 is 14.3 Å². The standard InChI is InChI=1S/C31H48N3Si4.Li/c1-23-14-24(2)18-29(17-23)32-35(7,8)38(13)36(9,10)33(30-19-25(3)15-26(4)20-30)34(37(38,11)12)31-21-27(5)16-28(6)22-31;/h14-22H,1-13H3;/q-1;+1. The van der Waals surface area contributed by atoms with Gasteiger partial charge in [-0.1, -0.05) is 87.3 Å². The molecule has 0 amide bonds. The van der Waals surface area contributed by atoms with E-state index in [2.05, 4.69) is 151 Å². The van der Waals surface area contributed by atoms with Gasteiger partial charge in [0.05, 0.1) is 6.63 Å². The second-order valence-electron chi connectivity index (χ2n) is 13.6. The third-order valence-corrected chi connectivity index (χ3v) is 77.5. The summed E-state index contributed by atoms with van der Waals surface area (Å²) in [5.74, 6) is 0. The summed E-state index contributed by atoms with van der Waals surface area (Å²) in [5, 5.41) is 0. The zero-order valence-electron chi connectivity index (χ0n) is 27.0. The molecule has 3 aromatic carbocycles. The minimum atomic E-state index is -2.05. The topological polar surface area (TPSA) is 20.6 Å². The molecule has 0 spiro atoms. The molecule has 39 heavy (non-hydrogen) atoms. The summed E-state index contributed by atoms with van der Waals surface area (Å²) in [4.78, 5) is 5.80. The van der Waals surface area contributed by atoms with Gasteiger partial charge in [-0.2, -0.15) is 0 Å². The van der Waals surface area contributed by atoms with E-state index in [4.69, 9.17) is 4.98 Å². The fraction of sp³-hybridized carbons (Fsp3) is 0.419. The molecule has 1 saturated heterocycles. The molecule has 1 heterocycles. The summed E-state index contributed by atoms with van der Waals surface area (Å²) in [6.45, 7) is 30.2. The predicted octanol–water partition coefficient (Wildman–Crippen LogP) is 6.42. The molecular weight excluding hydrogens is 534 g/mol. The zero-order chi connectivity index (χ0) is 28.4. The van der Waals surface area contributed by atoms with E-state index in [-0.39, 0.29) is 18.9 Å². The summed E-state index contributed by atoms with van der Waals surface area (Å²) < 4.78 is 5.73. The molecule has 0 saturated carbocycles. The molecular formula is C31H48LiN3Si4. The Kier molecular flexibility index (Phi) is 8.82. The van der Waals surface area contributed by atoms with Gasteiger partial charge in [-0.3, -0.25) is 0 Å². The third-order valence-electron chi connectivity index (χ3n) is 9.45. The molecule has 1 aliphatic rings. The van der Waals surface area contributed by atoms with Crippen LogP contribution in [0.2, 0.25) is 45.8 Å².